The standard InChI is InChI=1S/C10H12BrF3N4/c1-15-9-16-4-7(11)8(17-9)18(6-2-3-6)5-10(12,13)14/h4,6H,2-3,5H2,1H3,(H,15,16,17). The average Bonchev–Trinajstić information content (AvgIpc) is 3.09. The van der Waals surface area contributed by atoms with Crippen molar-refractivity contribution in [2.45, 2.75) is 25.1 Å². The van der Waals surface area contributed by atoms with Crippen LogP contribution in [0.25, 0.3) is 0 Å². The Bertz CT molecular complexity index is 434. The van der Waals surface area contributed by atoms with E-state index in [1.807, 2.05) is 0 Å². The van der Waals surface area contributed by atoms with Crippen LogP contribution in [0.5, 0.6) is 0 Å². The summed E-state index contributed by atoms with van der Waals surface area (Å²) in [6, 6.07) is -0.0810. The minimum absolute atomic E-state index is 0.0810. The summed E-state index contributed by atoms with van der Waals surface area (Å²) in [5.41, 5.74) is 0. The van der Waals surface area contributed by atoms with Gasteiger partial charge in [-0.05, 0) is 28.8 Å². The van der Waals surface area contributed by atoms with Crippen molar-refractivity contribution < 1.29 is 13.2 Å². The number of hydrogen-bond donors (Lipinski definition) is 1. The van der Waals surface area contributed by atoms with Gasteiger partial charge in [-0.2, -0.15) is 18.2 Å². The van der Waals surface area contributed by atoms with Gasteiger partial charge in [0.15, 0.2) is 0 Å². The lowest BCUT2D eigenvalue weighted by Gasteiger charge is -2.25. The molecule has 1 heterocycles. The third-order valence-electron chi connectivity index (χ3n) is 2.56. The van der Waals surface area contributed by atoms with Gasteiger partial charge >= 0.3 is 6.18 Å². The molecule has 0 radical (unpaired) electrons. The molecule has 0 saturated heterocycles. The first kappa shape index (κ1) is 13.4. The van der Waals surface area contributed by atoms with Crippen molar-refractivity contribution >= 4 is 27.7 Å². The maximum absolute atomic E-state index is 12.6. The molecule has 0 amide bonds. The maximum Gasteiger partial charge on any atom is 0.405 e. The van der Waals surface area contributed by atoms with Crippen molar-refractivity contribution in [2.24, 2.45) is 0 Å². The van der Waals surface area contributed by atoms with Crippen molar-refractivity contribution in [3.05, 3.63) is 10.7 Å². The second-order valence-corrected chi connectivity index (χ2v) is 4.94. The highest BCUT2D eigenvalue weighted by Crippen LogP contribution is 2.36. The summed E-state index contributed by atoms with van der Waals surface area (Å²) in [5.74, 6) is 0.593. The lowest BCUT2D eigenvalue weighted by molar-refractivity contribution is -0.120. The van der Waals surface area contributed by atoms with Gasteiger partial charge in [-0.15, -0.1) is 0 Å². The monoisotopic (exact) mass is 324 g/mol. The number of alkyl halides is 3. The predicted molar refractivity (Wildman–Crippen MR) is 65.7 cm³/mol. The number of anilines is 2. The van der Waals surface area contributed by atoms with Crippen molar-refractivity contribution in [1.29, 1.82) is 0 Å². The maximum atomic E-state index is 12.6. The number of halogens is 4. The summed E-state index contributed by atoms with van der Waals surface area (Å²) in [5, 5.41) is 2.72. The number of hydrogen-bond acceptors (Lipinski definition) is 4. The molecule has 100 valence electrons. The quantitative estimate of drug-likeness (QED) is 0.924. The van der Waals surface area contributed by atoms with Crippen LogP contribution in [0.1, 0.15) is 12.8 Å². The van der Waals surface area contributed by atoms with Crippen LogP contribution in [0.15, 0.2) is 10.7 Å². The van der Waals surface area contributed by atoms with E-state index in [0.29, 0.717) is 10.4 Å². The van der Waals surface area contributed by atoms with Crippen LogP contribution in [0.3, 0.4) is 0 Å². The fourth-order valence-electron chi connectivity index (χ4n) is 1.64. The largest absolute Gasteiger partial charge is 0.405 e. The number of nitrogens with zero attached hydrogens (tertiary/aromatic N) is 3. The Balaban J connectivity index is 2.30. The summed E-state index contributed by atoms with van der Waals surface area (Å²) >= 11 is 3.20. The summed E-state index contributed by atoms with van der Waals surface area (Å²) in [7, 11) is 1.62. The fourth-order valence-corrected chi connectivity index (χ4v) is 2.06. The molecule has 1 aromatic heterocycles. The number of aromatic nitrogens is 2. The molecule has 0 aliphatic heterocycles. The van der Waals surface area contributed by atoms with Crippen molar-refractivity contribution in [1.82, 2.24) is 9.97 Å². The van der Waals surface area contributed by atoms with E-state index in [9.17, 15) is 13.2 Å². The molecule has 8 heteroatoms. The molecule has 1 fully saturated rings. The molecule has 0 spiro atoms. The Morgan fingerprint density at radius 1 is 1.50 bits per heavy atom. The highest BCUT2D eigenvalue weighted by molar-refractivity contribution is 9.10. The van der Waals surface area contributed by atoms with E-state index in [-0.39, 0.29) is 11.9 Å². The van der Waals surface area contributed by atoms with Crippen LogP contribution in [0.2, 0.25) is 0 Å². The molecule has 2 rings (SSSR count). The molecule has 1 saturated carbocycles. The van der Waals surface area contributed by atoms with Crippen LogP contribution >= 0.6 is 15.9 Å². The summed E-state index contributed by atoms with van der Waals surface area (Å²) in [6.07, 6.45) is -1.25. The number of nitrogens with one attached hydrogen (secondary N) is 1. The van der Waals surface area contributed by atoms with E-state index in [1.54, 1.807) is 7.05 Å². The van der Waals surface area contributed by atoms with Gasteiger partial charge in [0.2, 0.25) is 5.95 Å². The van der Waals surface area contributed by atoms with E-state index in [1.165, 1.54) is 11.1 Å². The molecular weight excluding hydrogens is 313 g/mol. The van der Waals surface area contributed by atoms with Gasteiger partial charge in [-0.3, -0.25) is 0 Å². The van der Waals surface area contributed by atoms with Crippen molar-refractivity contribution in [3.63, 3.8) is 0 Å². The molecule has 0 atom stereocenters. The minimum atomic E-state index is -4.24. The molecule has 1 N–H and O–H groups in total. The van der Waals surface area contributed by atoms with Crippen LogP contribution in [0, 0.1) is 0 Å². The Labute approximate surface area is 111 Å². The lowest BCUT2D eigenvalue weighted by atomic mass is 10.4. The highest BCUT2D eigenvalue weighted by atomic mass is 79.9. The zero-order valence-corrected chi connectivity index (χ0v) is 11.2. The summed E-state index contributed by atoms with van der Waals surface area (Å²) in [4.78, 5) is 9.32. The van der Waals surface area contributed by atoms with E-state index < -0.39 is 12.7 Å². The highest BCUT2D eigenvalue weighted by Gasteiger charge is 2.39. The topological polar surface area (TPSA) is 41.1 Å². The molecule has 1 aliphatic carbocycles. The Kier molecular flexibility index (Phi) is 3.65. The number of rotatable bonds is 4. The van der Waals surface area contributed by atoms with Gasteiger partial charge in [0.25, 0.3) is 0 Å². The second-order valence-electron chi connectivity index (χ2n) is 4.09. The Hall–Kier alpha value is -1.05. The minimum Gasteiger partial charge on any atom is -0.357 e. The molecule has 0 aromatic carbocycles. The molecule has 1 aliphatic rings. The molecule has 1 aromatic rings. The first-order valence-electron chi connectivity index (χ1n) is 5.44. The zero-order chi connectivity index (χ0) is 13.3. The van der Waals surface area contributed by atoms with Gasteiger partial charge < -0.3 is 10.2 Å². The van der Waals surface area contributed by atoms with Gasteiger partial charge in [-0.25, -0.2) is 4.98 Å². The molecule has 18 heavy (non-hydrogen) atoms. The van der Waals surface area contributed by atoms with Crippen molar-refractivity contribution in [2.75, 3.05) is 23.8 Å². The summed E-state index contributed by atoms with van der Waals surface area (Å²) in [6.45, 7) is -0.990. The lowest BCUT2D eigenvalue weighted by Crippen LogP contribution is -2.36. The second kappa shape index (κ2) is 4.91. The Morgan fingerprint density at radius 2 is 2.17 bits per heavy atom. The smallest absolute Gasteiger partial charge is 0.357 e. The van der Waals surface area contributed by atoms with Gasteiger partial charge in [-0.1, -0.05) is 0 Å². The first-order valence-corrected chi connectivity index (χ1v) is 6.23. The van der Waals surface area contributed by atoms with Gasteiger partial charge in [0.1, 0.15) is 12.4 Å². The summed E-state index contributed by atoms with van der Waals surface area (Å²) < 4.78 is 38.2. The van der Waals surface area contributed by atoms with E-state index in [2.05, 4.69) is 31.2 Å². The average molecular weight is 325 g/mol. The molecule has 0 unspecified atom stereocenters. The zero-order valence-electron chi connectivity index (χ0n) is 9.63. The van der Waals surface area contributed by atoms with Gasteiger partial charge in [0.05, 0.1) is 4.47 Å². The normalized spacial score (nSPS) is 15.6. The molecule has 4 nitrogen and oxygen atoms in total. The third-order valence-corrected chi connectivity index (χ3v) is 3.12. The molecular formula is C10H12BrF3N4. The SMILES string of the molecule is CNc1ncc(Br)c(N(CC(F)(F)F)C2CC2)n1. The van der Waals surface area contributed by atoms with Crippen LogP contribution in [0.4, 0.5) is 24.9 Å². The third kappa shape index (κ3) is 3.24. The van der Waals surface area contributed by atoms with E-state index in [0.717, 1.165) is 12.8 Å². The first-order chi connectivity index (χ1) is 8.40. The Morgan fingerprint density at radius 3 is 2.67 bits per heavy atom. The van der Waals surface area contributed by atoms with E-state index in [4.69, 9.17) is 0 Å². The van der Waals surface area contributed by atoms with Crippen LogP contribution in [-0.2, 0) is 0 Å². The predicted octanol–water partition coefficient (Wildman–Crippen LogP) is 2.81. The van der Waals surface area contributed by atoms with Gasteiger partial charge in [0, 0.05) is 19.3 Å². The van der Waals surface area contributed by atoms with Crippen LogP contribution in [-0.4, -0.2) is 35.8 Å². The van der Waals surface area contributed by atoms with Crippen molar-refractivity contribution in [3.8, 4) is 0 Å². The van der Waals surface area contributed by atoms with E-state index >= 15 is 0 Å². The van der Waals surface area contributed by atoms with Crippen LogP contribution < -0.4 is 10.2 Å². The molecule has 0 bridgehead atoms. The fraction of sp³-hybridized carbons (Fsp3) is 0.600.